The van der Waals surface area contributed by atoms with Crippen LogP contribution < -0.4 is 0 Å². The van der Waals surface area contributed by atoms with E-state index in [4.69, 9.17) is 4.74 Å². The van der Waals surface area contributed by atoms with Gasteiger partial charge in [0.05, 0.1) is 23.3 Å². The predicted molar refractivity (Wildman–Crippen MR) is 101 cm³/mol. The third-order valence-electron chi connectivity index (χ3n) is 4.00. The van der Waals surface area contributed by atoms with E-state index >= 15 is 0 Å². The molecule has 26 heavy (non-hydrogen) atoms. The lowest BCUT2D eigenvalue weighted by Crippen LogP contribution is -2.38. The lowest BCUT2D eigenvalue weighted by Gasteiger charge is -2.25. The molecule has 136 valence electrons. The summed E-state index contributed by atoms with van der Waals surface area (Å²) in [5.74, 6) is -1.09. The van der Waals surface area contributed by atoms with E-state index in [0.717, 1.165) is 4.47 Å². The molecule has 0 fully saturated rings. The zero-order chi connectivity index (χ0) is 19.2. The first-order valence-corrected chi connectivity index (χ1v) is 10.4. The van der Waals surface area contributed by atoms with E-state index in [-0.39, 0.29) is 23.7 Å². The van der Waals surface area contributed by atoms with Gasteiger partial charge >= 0.3 is 5.97 Å². The van der Waals surface area contributed by atoms with Gasteiger partial charge in [0.25, 0.3) is 0 Å². The topological polar surface area (TPSA) is 84.2 Å². The first-order valence-electron chi connectivity index (χ1n) is 7.98. The van der Waals surface area contributed by atoms with E-state index in [1.54, 1.807) is 49.4 Å². The molecule has 0 bridgehead atoms. The van der Waals surface area contributed by atoms with Crippen LogP contribution in [0.2, 0.25) is 0 Å². The average molecular weight is 436 g/mol. The molecular formula is C19H18BrNO4S. The molecule has 5 nitrogen and oxygen atoms in total. The number of rotatable bonds is 7. The number of halogens is 1. The average Bonchev–Trinajstić information content (AvgIpc) is 2.65. The number of hydrogen-bond acceptors (Lipinski definition) is 5. The van der Waals surface area contributed by atoms with Crippen molar-refractivity contribution in [1.82, 2.24) is 0 Å². The smallest absolute Gasteiger partial charge is 0.331 e. The van der Waals surface area contributed by atoms with E-state index in [0.29, 0.717) is 5.56 Å². The van der Waals surface area contributed by atoms with Gasteiger partial charge in [-0.25, -0.2) is 13.2 Å². The van der Waals surface area contributed by atoms with Crippen LogP contribution >= 0.6 is 15.9 Å². The molecule has 0 aliphatic carbocycles. The highest BCUT2D eigenvalue weighted by atomic mass is 79.9. The quantitative estimate of drug-likeness (QED) is 0.619. The van der Waals surface area contributed by atoms with Gasteiger partial charge in [-0.15, -0.1) is 0 Å². The zero-order valence-corrected chi connectivity index (χ0v) is 16.6. The van der Waals surface area contributed by atoms with E-state index in [2.05, 4.69) is 15.9 Å². The van der Waals surface area contributed by atoms with Crippen LogP contribution in [0.5, 0.6) is 0 Å². The number of esters is 1. The molecule has 0 saturated carbocycles. The maximum absolute atomic E-state index is 12.6. The number of hydrogen-bond donors (Lipinski definition) is 0. The highest BCUT2D eigenvalue weighted by molar-refractivity contribution is 9.10. The first kappa shape index (κ1) is 20.1. The Bertz CT molecular complexity index is 905. The number of benzene rings is 2. The van der Waals surface area contributed by atoms with Crippen molar-refractivity contribution < 1.29 is 17.9 Å². The Balaban J connectivity index is 2.40. The van der Waals surface area contributed by atoms with Crippen LogP contribution in [0.3, 0.4) is 0 Å². The standard InChI is InChI=1S/C19H18BrNO4S/c1-2-25-18(22)19(14-21,15-8-10-16(20)11-9-15)12-13-26(23,24)17-6-4-3-5-7-17/h3-11H,2,12-13H2,1H3. The fraction of sp³-hybridized carbons (Fsp3) is 0.263. The molecule has 2 rings (SSSR count). The molecule has 0 radical (unpaired) electrons. The normalized spacial score (nSPS) is 13.4. The lowest BCUT2D eigenvalue weighted by molar-refractivity contribution is -0.147. The molecule has 1 atom stereocenters. The predicted octanol–water partition coefficient (Wildman–Crippen LogP) is 3.64. The highest BCUT2D eigenvalue weighted by Crippen LogP contribution is 2.32. The maximum Gasteiger partial charge on any atom is 0.331 e. The number of nitriles is 1. The molecule has 0 saturated heterocycles. The van der Waals surface area contributed by atoms with Gasteiger partial charge in [0.1, 0.15) is 0 Å². The minimum atomic E-state index is -3.64. The van der Waals surface area contributed by atoms with Crippen LogP contribution in [-0.4, -0.2) is 26.7 Å². The van der Waals surface area contributed by atoms with Crippen molar-refractivity contribution in [3.05, 3.63) is 64.6 Å². The summed E-state index contributed by atoms with van der Waals surface area (Å²) >= 11 is 3.31. The maximum atomic E-state index is 12.6. The van der Waals surface area contributed by atoms with E-state index in [1.807, 2.05) is 6.07 Å². The molecule has 0 aromatic heterocycles. The largest absolute Gasteiger partial charge is 0.465 e. The Morgan fingerprint density at radius 3 is 2.31 bits per heavy atom. The van der Waals surface area contributed by atoms with Crippen LogP contribution in [0.4, 0.5) is 0 Å². The van der Waals surface area contributed by atoms with E-state index < -0.39 is 21.2 Å². The van der Waals surface area contributed by atoms with Gasteiger partial charge < -0.3 is 4.74 Å². The van der Waals surface area contributed by atoms with Crippen molar-refractivity contribution in [2.24, 2.45) is 0 Å². The minimum absolute atomic E-state index is 0.101. The van der Waals surface area contributed by atoms with Crippen molar-refractivity contribution in [2.75, 3.05) is 12.4 Å². The highest BCUT2D eigenvalue weighted by Gasteiger charge is 2.43. The number of carbonyl (C=O) groups excluding carboxylic acids is 1. The summed E-state index contributed by atoms with van der Waals surface area (Å²) < 4.78 is 31.1. The van der Waals surface area contributed by atoms with E-state index in [9.17, 15) is 18.5 Å². The Morgan fingerprint density at radius 2 is 1.77 bits per heavy atom. The van der Waals surface area contributed by atoms with Crippen LogP contribution in [0.15, 0.2) is 64.0 Å². The summed E-state index contributed by atoms with van der Waals surface area (Å²) in [6, 6.07) is 16.6. The van der Waals surface area contributed by atoms with Crippen LogP contribution in [0.25, 0.3) is 0 Å². The lowest BCUT2D eigenvalue weighted by atomic mass is 9.79. The summed E-state index contributed by atoms with van der Waals surface area (Å²) in [7, 11) is -3.64. The Labute approximate surface area is 161 Å². The molecule has 7 heteroatoms. The van der Waals surface area contributed by atoms with Gasteiger partial charge in [-0.05, 0) is 43.2 Å². The Morgan fingerprint density at radius 1 is 1.15 bits per heavy atom. The summed E-state index contributed by atoms with van der Waals surface area (Å²) in [6.45, 7) is 1.74. The van der Waals surface area contributed by atoms with Gasteiger partial charge in [-0.1, -0.05) is 46.3 Å². The third kappa shape index (κ3) is 4.32. The van der Waals surface area contributed by atoms with Crippen LogP contribution in [-0.2, 0) is 24.8 Å². The monoisotopic (exact) mass is 435 g/mol. The Hall–Kier alpha value is -2.17. The molecule has 2 aromatic carbocycles. The zero-order valence-electron chi connectivity index (χ0n) is 14.2. The van der Waals surface area contributed by atoms with Crippen molar-refractivity contribution in [2.45, 2.75) is 23.7 Å². The fourth-order valence-electron chi connectivity index (χ4n) is 2.55. The van der Waals surface area contributed by atoms with Crippen molar-refractivity contribution in [3.63, 3.8) is 0 Å². The molecule has 0 heterocycles. The van der Waals surface area contributed by atoms with E-state index in [1.165, 1.54) is 12.1 Å². The van der Waals surface area contributed by atoms with Crippen LogP contribution in [0.1, 0.15) is 18.9 Å². The third-order valence-corrected chi connectivity index (χ3v) is 6.26. The molecule has 2 aromatic rings. The van der Waals surface area contributed by atoms with Gasteiger partial charge in [-0.2, -0.15) is 5.26 Å². The molecule has 0 aliphatic heterocycles. The summed E-state index contributed by atoms with van der Waals surface area (Å²) in [4.78, 5) is 12.7. The molecule has 0 amide bonds. The molecule has 1 unspecified atom stereocenters. The molecular weight excluding hydrogens is 418 g/mol. The molecule has 0 spiro atoms. The van der Waals surface area contributed by atoms with Gasteiger partial charge in [0.2, 0.25) is 0 Å². The van der Waals surface area contributed by atoms with Gasteiger partial charge in [0, 0.05) is 4.47 Å². The first-order chi connectivity index (χ1) is 12.4. The van der Waals surface area contributed by atoms with Crippen molar-refractivity contribution in [1.29, 1.82) is 5.26 Å². The second kappa shape index (κ2) is 8.47. The summed E-state index contributed by atoms with van der Waals surface area (Å²) in [6.07, 6.45) is -0.193. The second-order valence-electron chi connectivity index (χ2n) is 5.63. The number of carbonyl (C=O) groups is 1. The fourth-order valence-corrected chi connectivity index (χ4v) is 4.20. The minimum Gasteiger partial charge on any atom is -0.465 e. The Kier molecular flexibility index (Phi) is 6.57. The molecule has 0 N–H and O–H groups in total. The number of ether oxygens (including phenoxy) is 1. The van der Waals surface area contributed by atoms with Crippen molar-refractivity contribution in [3.8, 4) is 6.07 Å². The summed E-state index contributed by atoms with van der Waals surface area (Å²) in [5.41, 5.74) is -1.27. The molecule has 0 aliphatic rings. The second-order valence-corrected chi connectivity index (χ2v) is 8.65. The van der Waals surface area contributed by atoms with Gasteiger partial charge in [0.15, 0.2) is 15.3 Å². The SMILES string of the molecule is CCOC(=O)C(C#N)(CCS(=O)(=O)c1ccccc1)c1ccc(Br)cc1. The summed E-state index contributed by atoms with van der Waals surface area (Å²) in [5, 5.41) is 9.81. The van der Waals surface area contributed by atoms with Gasteiger partial charge in [-0.3, -0.25) is 0 Å². The van der Waals surface area contributed by atoms with Crippen molar-refractivity contribution >= 4 is 31.7 Å². The van der Waals surface area contributed by atoms with Crippen LogP contribution in [0, 0.1) is 11.3 Å². The number of nitrogens with zero attached hydrogens (tertiary/aromatic N) is 1. The number of sulfone groups is 1.